The summed E-state index contributed by atoms with van der Waals surface area (Å²) in [7, 11) is -1.68. The van der Waals surface area contributed by atoms with E-state index in [4.69, 9.17) is 4.74 Å². The van der Waals surface area contributed by atoms with Crippen molar-refractivity contribution in [1.82, 2.24) is 9.62 Å². The summed E-state index contributed by atoms with van der Waals surface area (Å²) in [6, 6.07) is 14.5. The predicted molar refractivity (Wildman–Crippen MR) is 124 cm³/mol. The number of likely N-dealkylation sites (N-methyl/N-ethyl adjacent to an activating group) is 1. The largest absolute Gasteiger partial charge is 0.381 e. The summed E-state index contributed by atoms with van der Waals surface area (Å²) in [4.78, 5) is 0. The molecule has 2 heterocycles. The summed E-state index contributed by atoms with van der Waals surface area (Å²) in [6.07, 6.45) is 3.01. The van der Waals surface area contributed by atoms with Gasteiger partial charge in [0.15, 0.2) is 0 Å². The summed E-state index contributed by atoms with van der Waals surface area (Å²) in [6.45, 7) is 4.05. The highest BCUT2D eigenvalue weighted by molar-refractivity contribution is 7.89. The number of nitrogens with zero attached hydrogens (tertiary/aromatic N) is 1. The molecule has 0 aromatic heterocycles. The Balaban J connectivity index is 1.60. The van der Waals surface area contributed by atoms with Crippen LogP contribution in [0.3, 0.4) is 0 Å². The van der Waals surface area contributed by atoms with E-state index in [0.717, 1.165) is 36.9 Å². The SMILES string of the molecule is CNCC1(c2ccc(CN3[C@@H](C)CC[C@H](c4ccccc4)S3(=O)=O)c(F)c2)CCOCC1. The van der Waals surface area contributed by atoms with E-state index in [1.807, 2.05) is 50.4 Å². The van der Waals surface area contributed by atoms with E-state index in [-0.39, 0.29) is 23.8 Å². The summed E-state index contributed by atoms with van der Waals surface area (Å²) in [5.41, 5.74) is 2.02. The molecule has 2 aliphatic heterocycles. The van der Waals surface area contributed by atoms with Crippen LogP contribution in [0, 0.1) is 5.82 Å². The van der Waals surface area contributed by atoms with Crippen LogP contribution in [0.25, 0.3) is 0 Å². The van der Waals surface area contributed by atoms with Gasteiger partial charge in [0.1, 0.15) is 11.1 Å². The Morgan fingerprint density at radius 2 is 1.84 bits per heavy atom. The number of halogens is 1. The highest BCUT2D eigenvalue weighted by Gasteiger charge is 2.41. The summed E-state index contributed by atoms with van der Waals surface area (Å²) in [5, 5.41) is 2.67. The highest BCUT2D eigenvalue weighted by Crippen LogP contribution is 2.39. The van der Waals surface area contributed by atoms with Gasteiger partial charge < -0.3 is 10.1 Å². The molecule has 174 valence electrons. The lowest BCUT2D eigenvalue weighted by atomic mass is 9.74. The van der Waals surface area contributed by atoms with Crippen molar-refractivity contribution >= 4 is 10.0 Å². The van der Waals surface area contributed by atoms with Gasteiger partial charge in [0.25, 0.3) is 0 Å². The van der Waals surface area contributed by atoms with Gasteiger partial charge in [0, 0.05) is 43.3 Å². The van der Waals surface area contributed by atoms with Crippen molar-refractivity contribution in [3.05, 3.63) is 71.0 Å². The molecule has 2 aromatic carbocycles. The summed E-state index contributed by atoms with van der Waals surface area (Å²) < 4.78 is 49.3. The van der Waals surface area contributed by atoms with Crippen LogP contribution < -0.4 is 5.32 Å². The molecule has 2 aliphatic rings. The maximum Gasteiger partial charge on any atom is 0.221 e. The first kappa shape index (κ1) is 23.4. The number of sulfonamides is 1. The fourth-order valence-electron chi connectivity index (χ4n) is 5.19. The van der Waals surface area contributed by atoms with Crippen LogP contribution in [0.5, 0.6) is 0 Å². The van der Waals surface area contributed by atoms with Crippen molar-refractivity contribution in [2.24, 2.45) is 0 Å². The second-order valence-electron chi connectivity index (χ2n) is 9.15. The smallest absolute Gasteiger partial charge is 0.221 e. The van der Waals surface area contributed by atoms with E-state index in [2.05, 4.69) is 5.32 Å². The standard InChI is InChI=1S/C25H33FN2O3S/c1-19-8-11-24(20-6-4-3-5-7-20)32(29,30)28(19)17-21-9-10-22(16-23(21)26)25(18-27-2)12-14-31-15-13-25/h3-7,9-10,16,19,24,27H,8,11-15,17-18H2,1-2H3/t19-,24+/m0/s1. The molecule has 5 nitrogen and oxygen atoms in total. The first-order valence-electron chi connectivity index (χ1n) is 11.4. The quantitative estimate of drug-likeness (QED) is 0.704. The molecule has 2 aromatic rings. The Hall–Kier alpha value is -1.80. The lowest BCUT2D eigenvalue weighted by Crippen LogP contribution is -2.45. The van der Waals surface area contributed by atoms with E-state index >= 15 is 4.39 Å². The van der Waals surface area contributed by atoms with Crippen molar-refractivity contribution in [1.29, 1.82) is 0 Å². The maximum absolute atomic E-state index is 15.3. The van der Waals surface area contributed by atoms with Crippen LogP contribution in [0.2, 0.25) is 0 Å². The fourth-order valence-corrected chi connectivity index (χ4v) is 7.38. The molecule has 2 saturated heterocycles. The van der Waals surface area contributed by atoms with Crippen LogP contribution in [0.1, 0.15) is 54.5 Å². The zero-order valence-corrected chi connectivity index (χ0v) is 19.7. The Labute approximate surface area is 191 Å². The molecule has 0 saturated carbocycles. The number of nitrogens with one attached hydrogen (secondary N) is 1. The number of ether oxygens (including phenoxy) is 1. The zero-order chi connectivity index (χ0) is 22.8. The van der Waals surface area contributed by atoms with Gasteiger partial charge in [-0.25, -0.2) is 12.8 Å². The average molecular weight is 461 g/mol. The molecule has 32 heavy (non-hydrogen) atoms. The lowest BCUT2D eigenvalue weighted by Gasteiger charge is -2.39. The number of rotatable bonds is 6. The normalized spacial score (nSPS) is 25.5. The van der Waals surface area contributed by atoms with E-state index in [0.29, 0.717) is 25.2 Å². The van der Waals surface area contributed by atoms with Crippen molar-refractivity contribution < 1.29 is 17.5 Å². The monoisotopic (exact) mass is 460 g/mol. The lowest BCUT2D eigenvalue weighted by molar-refractivity contribution is 0.0504. The molecule has 4 rings (SSSR count). The third-order valence-corrected chi connectivity index (χ3v) is 9.52. The van der Waals surface area contributed by atoms with Gasteiger partial charge in [-0.2, -0.15) is 4.31 Å². The zero-order valence-electron chi connectivity index (χ0n) is 18.9. The van der Waals surface area contributed by atoms with Gasteiger partial charge in [-0.15, -0.1) is 0 Å². The second-order valence-corrected chi connectivity index (χ2v) is 11.2. The molecular weight excluding hydrogens is 427 g/mol. The van der Waals surface area contributed by atoms with E-state index < -0.39 is 15.3 Å². The highest BCUT2D eigenvalue weighted by atomic mass is 32.2. The minimum Gasteiger partial charge on any atom is -0.381 e. The number of hydrogen-bond acceptors (Lipinski definition) is 4. The maximum atomic E-state index is 15.3. The van der Waals surface area contributed by atoms with Crippen LogP contribution in [0.4, 0.5) is 4.39 Å². The summed E-state index contributed by atoms with van der Waals surface area (Å²) in [5.74, 6) is -0.339. The molecule has 0 aliphatic carbocycles. The van der Waals surface area contributed by atoms with Gasteiger partial charge in [-0.05, 0) is 56.8 Å². The number of benzene rings is 2. The third-order valence-electron chi connectivity index (χ3n) is 7.15. The van der Waals surface area contributed by atoms with Gasteiger partial charge in [0.05, 0.1) is 0 Å². The van der Waals surface area contributed by atoms with E-state index in [1.165, 1.54) is 4.31 Å². The van der Waals surface area contributed by atoms with E-state index in [1.54, 1.807) is 12.1 Å². The van der Waals surface area contributed by atoms with Crippen LogP contribution >= 0.6 is 0 Å². The van der Waals surface area contributed by atoms with Crippen LogP contribution in [-0.2, 0) is 26.7 Å². The molecule has 7 heteroatoms. The Morgan fingerprint density at radius 1 is 1.12 bits per heavy atom. The Morgan fingerprint density at radius 3 is 2.50 bits per heavy atom. The molecule has 1 N–H and O–H groups in total. The molecule has 0 unspecified atom stereocenters. The molecule has 2 fully saturated rings. The van der Waals surface area contributed by atoms with Crippen molar-refractivity contribution in [3.8, 4) is 0 Å². The topological polar surface area (TPSA) is 58.6 Å². The van der Waals surface area contributed by atoms with Gasteiger partial charge in [-0.3, -0.25) is 0 Å². The summed E-state index contributed by atoms with van der Waals surface area (Å²) >= 11 is 0. The average Bonchev–Trinajstić information content (AvgIpc) is 2.78. The second kappa shape index (κ2) is 9.59. The van der Waals surface area contributed by atoms with Crippen molar-refractivity contribution in [3.63, 3.8) is 0 Å². The minimum atomic E-state index is -3.59. The molecular formula is C25H33FN2O3S. The Kier molecular flexibility index (Phi) is 7.00. The molecule has 2 atom stereocenters. The molecule has 0 amide bonds. The van der Waals surface area contributed by atoms with Crippen LogP contribution in [0.15, 0.2) is 48.5 Å². The third kappa shape index (κ3) is 4.49. The van der Waals surface area contributed by atoms with Gasteiger partial charge in [-0.1, -0.05) is 42.5 Å². The molecule has 0 radical (unpaired) electrons. The van der Waals surface area contributed by atoms with Crippen molar-refractivity contribution in [2.45, 2.75) is 55.9 Å². The van der Waals surface area contributed by atoms with Crippen molar-refractivity contribution in [2.75, 3.05) is 26.8 Å². The minimum absolute atomic E-state index is 0.0566. The van der Waals surface area contributed by atoms with Crippen LogP contribution in [-0.4, -0.2) is 45.6 Å². The molecule has 0 spiro atoms. The first-order chi connectivity index (χ1) is 15.4. The van der Waals surface area contributed by atoms with Gasteiger partial charge >= 0.3 is 0 Å². The predicted octanol–water partition coefficient (Wildman–Crippen LogP) is 4.15. The number of hydrogen-bond donors (Lipinski definition) is 1. The van der Waals surface area contributed by atoms with Gasteiger partial charge in [0.2, 0.25) is 10.0 Å². The fraction of sp³-hybridized carbons (Fsp3) is 0.520. The first-order valence-corrected chi connectivity index (χ1v) is 12.9. The van der Waals surface area contributed by atoms with E-state index in [9.17, 15) is 8.42 Å². The Bertz CT molecular complexity index is 1020. The molecule has 0 bridgehead atoms.